The summed E-state index contributed by atoms with van der Waals surface area (Å²) >= 11 is 7.82. The molecule has 0 saturated heterocycles. The van der Waals surface area contributed by atoms with E-state index in [0.717, 1.165) is 28.7 Å². The van der Waals surface area contributed by atoms with Gasteiger partial charge in [-0.25, -0.2) is 0 Å². The lowest BCUT2D eigenvalue weighted by atomic mass is 10.0. The number of aryl methyl sites for hydroxylation is 1. The lowest BCUT2D eigenvalue weighted by Crippen LogP contribution is -2.52. The first kappa shape index (κ1) is 27.8. The van der Waals surface area contributed by atoms with Crippen molar-refractivity contribution in [2.24, 2.45) is 0 Å². The van der Waals surface area contributed by atoms with Gasteiger partial charge in [0.05, 0.1) is 5.75 Å². The second kappa shape index (κ2) is 14.1. The van der Waals surface area contributed by atoms with E-state index in [1.807, 2.05) is 99.6 Å². The number of thioether (sulfide) groups is 1. The van der Waals surface area contributed by atoms with Gasteiger partial charge in [-0.1, -0.05) is 96.9 Å². The van der Waals surface area contributed by atoms with Gasteiger partial charge in [0.15, 0.2) is 0 Å². The van der Waals surface area contributed by atoms with E-state index in [-0.39, 0.29) is 23.6 Å². The van der Waals surface area contributed by atoms with Crippen LogP contribution < -0.4 is 5.32 Å². The summed E-state index contributed by atoms with van der Waals surface area (Å²) in [7, 11) is 0. The van der Waals surface area contributed by atoms with Crippen molar-refractivity contribution in [3.8, 4) is 0 Å². The van der Waals surface area contributed by atoms with Gasteiger partial charge >= 0.3 is 0 Å². The largest absolute Gasteiger partial charge is 0.352 e. The molecule has 3 aromatic carbocycles. The maximum atomic E-state index is 13.7. The van der Waals surface area contributed by atoms with Gasteiger partial charge in [0.1, 0.15) is 6.04 Å². The van der Waals surface area contributed by atoms with Gasteiger partial charge in [-0.2, -0.15) is 0 Å². The third-order valence-corrected chi connectivity index (χ3v) is 7.52. The van der Waals surface area contributed by atoms with E-state index in [1.54, 1.807) is 4.90 Å². The molecule has 0 radical (unpaired) electrons. The zero-order chi connectivity index (χ0) is 25.9. The first-order valence-corrected chi connectivity index (χ1v) is 13.9. The SMILES string of the molecule is CC[C@H](C)NC(=O)[C@@H](Cc1ccccc1)N(Cc1ccc(C)cc1)C(=O)CSCc1ccccc1Cl. The van der Waals surface area contributed by atoms with Gasteiger partial charge in [-0.3, -0.25) is 9.59 Å². The van der Waals surface area contributed by atoms with Crippen molar-refractivity contribution < 1.29 is 9.59 Å². The van der Waals surface area contributed by atoms with E-state index < -0.39 is 6.04 Å². The van der Waals surface area contributed by atoms with Gasteiger partial charge in [-0.05, 0) is 43.0 Å². The van der Waals surface area contributed by atoms with Crippen molar-refractivity contribution in [1.29, 1.82) is 0 Å². The Labute approximate surface area is 224 Å². The minimum Gasteiger partial charge on any atom is -0.352 e. The number of hydrogen-bond donors (Lipinski definition) is 1. The zero-order valence-electron chi connectivity index (χ0n) is 21.2. The molecule has 4 nitrogen and oxygen atoms in total. The monoisotopic (exact) mass is 522 g/mol. The summed E-state index contributed by atoms with van der Waals surface area (Å²) < 4.78 is 0. The zero-order valence-corrected chi connectivity index (χ0v) is 22.8. The van der Waals surface area contributed by atoms with Crippen molar-refractivity contribution >= 4 is 35.2 Å². The molecule has 0 aliphatic carbocycles. The highest BCUT2D eigenvalue weighted by Crippen LogP contribution is 2.22. The highest BCUT2D eigenvalue weighted by atomic mass is 35.5. The molecule has 190 valence electrons. The van der Waals surface area contributed by atoms with Crippen molar-refractivity contribution in [3.05, 3.63) is 106 Å². The van der Waals surface area contributed by atoms with E-state index in [2.05, 4.69) is 5.32 Å². The molecule has 2 atom stereocenters. The Hall–Kier alpha value is -2.76. The Morgan fingerprint density at radius 2 is 1.61 bits per heavy atom. The predicted octanol–water partition coefficient (Wildman–Crippen LogP) is 6.44. The minimum absolute atomic E-state index is 0.0293. The third kappa shape index (κ3) is 8.42. The quantitative estimate of drug-likeness (QED) is 0.298. The fraction of sp³-hybridized carbons (Fsp3) is 0.333. The smallest absolute Gasteiger partial charge is 0.243 e. The number of nitrogens with zero attached hydrogens (tertiary/aromatic N) is 1. The molecular formula is C30H35ClN2O2S. The molecule has 0 saturated carbocycles. The number of nitrogens with one attached hydrogen (secondary N) is 1. The number of rotatable bonds is 12. The highest BCUT2D eigenvalue weighted by molar-refractivity contribution is 7.99. The van der Waals surface area contributed by atoms with Crippen LogP contribution in [0.1, 0.15) is 42.5 Å². The number of hydrogen-bond acceptors (Lipinski definition) is 3. The van der Waals surface area contributed by atoms with Gasteiger partial charge in [0.25, 0.3) is 0 Å². The van der Waals surface area contributed by atoms with Crippen LogP contribution in [0.5, 0.6) is 0 Å². The Kier molecular flexibility index (Phi) is 10.9. The van der Waals surface area contributed by atoms with Crippen molar-refractivity contribution in [2.45, 2.75) is 58.0 Å². The van der Waals surface area contributed by atoms with Gasteiger partial charge in [-0.15, -0.1) is 11.8 Å². The summed E-state index contributed by atoms with van der Waals surface area (Å²) in [5, 5.41) is 3.81. The summed E-state index contributed by atoms with van der Waals surface area (Å²) in [6, 6.07) is 25.1. The third-order valence-electron chi connectivity index (χ3n) is 6.19. The first-order chi connectivity index (χ1) is 17.4. The predicted molar refractivity (Wildman–Crippen MR) is 151 cm³/mol. The molecule has 0 aromatic heterocycles. The standard InChI is InChI=1S/C30H35ClN2O2S/c1-4-23(3)32-30(35)28(18-24-10-6-5-7-11-24)33(19-25-16-14-22(2)15-17-25)29(34)21-36-20-26-12-8-9-13-27(26)31/h5-17,23,28H,4,18-21H2,1-3H3,(H,32,35)/t23-,28+/m0/s1. The summed E-state index contributed by atoms with van der Waals surface area (Å²) in [4.78, 5) is 28.9. The van der Waals surface area contributed by atoms with Crippen LogP contribution in [0.25, 0.3) is 0 Å². The molecule has 0 heterocycles. The highest BCUT2D eigenvalue weighted by Gasteiger charge is 2.30. The van der Waals surface area contributed by atoms with Crippen molar-refractivity contribution in [3.63, 3.8) is 0 Å². The van der Waals surface area contributed by atoms with Crippen molar-refractivity contribution in [1.82, 2.24) is 10.2 Å². The number of benzene rings is 3. The summed E-state index contributed by atoms with van der Waals surface area (Å²) in [5.41, 5.74) is 4.17. The van der Waals surface area contributed by atoms with Gasteiger partial charge < -0.3 is 10.2 Å². The van der Waals surface area contributed by atoms with Crippen LogP contribution in [-0.2, 0) is 28.3 Å². The van der Waals surface area contributed by atoms with E-state index in [4.69, 9.17) is 11.6 Å². The number of halogens is 1. The van der Waals surface area contributed by atoms with Crippen molar-refractivity contribution in [2.75, 3.05) is 5.75 Å². The molecule has 3 rings (SSSR count). The van der Waals surface area contributed by atoms with Crippen LogP contribution in [0, 0.1) is 6.92 Å². The molecular weight excluding hydrogens is 488 g/mol. The summed E-state index contributed by atoms with van der Waals surface area (Å²) in [5.74, 6) is 0.711. The van der Waals surface area contributed by atoms with E-state index >= 15 is 0 Å². The average Bonchev–Trinajstić information content (AvgIpc) is 2.88. The topological polar surface area (TPSA) is 49.4 Å². The summed E-state index contributed by atoms with van der Waals surface area (Å²) in [6.07, 6.45) is 1.28. The second-order valence-electron chi connectivity index (χ2n) is 9.11. The lowest BCUT2D eigenvalue weighted by molar-refractivity contribution is -0.139. The number of amides is 2. The van der Waals surface area contributed by atoms with E-state index in [1.165, 1.54) is 11.8 Å². The fourth-order valence-corrected chi connectivity index (χ4v) is 5.03. The molecule has 3 aromatic rings. The second-order valence-corrected chi connectivity index (χ2v) is 10.5. The Morgan fingerprint density at radius 3 is 2.28 bits per heavy atom. The molecule has 0 spiro atoms. The Morgan fingerprint density at radius 1 is 0.944 bits per heavy atom. The van der Waals surface area contributed by atoms with Crippen LogP contribution in [-0.4, -0.2) is 34.6 Å². The van der Waals surface area contributed by atoms with Crippen LogP contribution >= 0.6 is 23.4 Å². The average molecular weight is 523 g/mol. The number of carbonyl (C=O) groups excluding carboxylic acids is 2. The molecule has 0 aliphatic heterocycles. The van der Waals surface area contributed by atoms with Crippen LogP contribution in [0.4, 0.5) is 0 Å². The van der Waals surface area contributed by atoms with Crippen LogP contribution in [0.15, 0.2) is 78.9 Å². The molecule has 1 N–H and O–H groups in total. The molecule has 0 aliphatic rings. The van der Waals surface area contributed by atoms with E-state index in [0.29, 0.717) is 23.7 Å². The van der Waals surface area contributed by atoms with Crippen LogP contribution in [0.2, 0.25) is 5.02 Å². The number of carbonyl (C=O) groups is 2. The van der Waals surface area contributed by atoms with Gasteiger partial charge in [0, 0.05) is 29.8 Å². The van der Waals surface area contributed by atoms with Crippen LogP contribution in [0.3, 0.4) is 0 Å². The van der Waals surface area contributed by atoms with Gasteiger partial charge in [0.2, 0.25) is 11.8 Å². The Bertz CT molecular complexity index is 1120. The molecule has 0 unspecified atom stereocenters. The maximum absolute atomic E-state index is 13.7. The van der Waals surface area contributed by atoms with E-state index in [9.17, 15) is 9.59 Å². The molecule has 36 heavy (non-hydrogen) atoms. The molecule has 0 bridgehead atoms. The lowest BCUT2D eigenvalue weighted by Gasteiger charge is -2.32. The first-order valence-electron chi connectivity index (χ1n) is 12.4. The summed E-state index contributed by atoms with van der Waals surface area (Å²) in [6.45, 7) is 6.44. The molecule has 6 heteroatoms. The maximum Gasteiger partial charge on any atom is 0.243 e. The normalized spacial score (nSPS) is 12.6. The molecule has 0 fully saturated rings. The fourth-order valence-electron chi connectivity index (χ4n) is 3.83. The Balaban J connectivity index is 1.85. The molecule has 2 amide bonds. The minimum atomic E-state index is -0.615.